The maximum atomic E-state index is 6.07. The summed E-state index contributed by atoms with van der Waals surface area (Å²) in [4.78, 5) is 9.96. The lowest BCUT2D eigenvalue weighted by atomic mass is 10.2. The van der Waals surface area contributed by atoms with Crippen molar-refractivity contribution in [3.63, 3.8) is 0 Å². The molecule has 0 aliphatic carbocycles. The molecule has 0 aromatic carbocycles. The van der Waals surface area contributed by atoms with E-state index in [0.717, 1.165) is 48.7 Å². The zero-order valence-corrected chi connectivity index (χ0v) is 10.4. The van der Waals surface area contributed by atoms with Crippen LogP contribution in [0.3, 0.4) is 0 Å². The predicted octanol–water partition coefficient (Wildman–Crippen LogP) is 2.36. The lowest BCUT2D eigenvalue weighted by molar-refractivity contribution is 0.123. The lowest BCUT2D eigenvalue weighted by Crippen LogP contribution is -2.36. The van der Waals surface area contributed by atoms with Gasteiger partial charge in [0.1, 0.15) is 5.15 Å². The van der Waals surface area contributed by atoms with Gasteiger partial charge in [-0.1, -0.05) is 11.6 Å². The Morgan fingerprint density at radius 2 is 2.12 bits per heavy atom. The van der Waals surface area contributed by atoms with Crippen LogP contribution in [0.15, 0.2) is 12.1 Å². The average molecular weight is 252 g/mol. The molecule has 2 aromatic rings. The number of ether oxygens (including phenoxy) is 1. The molecule has 2 aromatic heterocycles. The van der Waals surface area contributed by atoms with Crippen LogP contribution in [0.25, 0.3) is 11.0 Å². The van der Waals surface area contributed by atoms with Crippen molar-refractivity contribution in [1.29, 1.82) is 0 Å². The molecule has 0 unspecified atom stereocenters. The summed E-state index contributed by atoms with van der Waals surface area (Å²) in [6, 6.07) is 3.94. The van der Waals surface area contributed by atoms with Gasteiger partial charge in [0, 0.05) is 24.8 Å². The molecule has 0 spiro atoms. The number of aromatic amines is 1. The van der Waals surface area contributed by atoms with E-state index in [4.69, 9.17) is 16.3 Å². The molecule has 5 heteroatoms. The first-order valence-electron chi connectivity index (χ1n) is 5.72. The summed E-state index contributed by atoms with van der Waals surface area (Å²) in [7, 11) is 0. The van der Waals surface area contributed by atoms with Gasteiger partial charge >= 0.3 is 0 Å². The van der Waals surface area contributed by atoms with Crippen molar-refractivity contribution >= 4 is 28.3 Å². The van der Waals surface area contributed by atoms with E-state index in [9.17, 15) is 0 Å². The SMILES string of the molecule is Cc1cc2nc(Cl)cc(N3CCOCC3)c2[nH]1. The number of H-pyrrole nitrogens is 1. The summed E-state index contributed by atoms with van der Waals surface area (Å²) in [6.45, 7) is 5.35. The van der Waals surface area contributed by atoms with E-state index in [0.29, 0.717) is 5.15 Å². The summed E-state index contributed by atoms with van der Waals surface area (Å²) in [6.07, 6.45) is 0. The van der Waals surface area contributed by atoms with Crippen LogP contribution in [0.5, 0.6) is 0 Å². The third-order valence-corrected chi connectivity index (χ3v) is 3.22. The number of rotatable bonds is 1. The number of morpholine rings is 1. The van der Waals surface area contributed by atoms with Crippen LogP contribution < -0.4 is 4.90 Å². The fourth-order valence-electron chi connectivity index (χ4n) is 2.24. The number of pyridine rings is 1. The van der Waals surface area contributed by atoms with Gasteiger partial charge in [-0.2, -0.15) is 0 Å². The van der Waals surface area contributed by atoms with E-state index in [1.165, 1.54) is 0 Å². The van der Waals surface area contributed by atoms with E-state index in [1.54, 1.807) is 0 Å². The summed E-state index contributed by atoms with van der Waals surface area (Å²) >= 11 is 6.07. The van der Waals surface area contributed by atoms with Crippen LogP contribution >= 0.6 is 11.6 Å². The van der Waals surface area contributed by atoms with E-state index in [1.807, 2.05) is 19.1 Å². The minimum atomic E-state index is 0.540. The molecule has 17 heavy (non-hydrogen) atoms. The molecule has 0 atom stereocenters. The van der Waals surface area contributed by atoms with Crippen molar-refractivity contribution in [2.45, 2.75) is 6.92 Å². The van der Waals surface area contributed by atoms with Gasteiger partial charge in [-0.15, -0.1) is 0 Å². The highest BCUT2D eigenvalue weighted by Crippen LogP contribution is 2.29. The first-order valence-corrected chi connectivity index (χ1v) is 6.10. The number of fused-ring (bicyclic) bond motifs is 1. The number of nitrogens with zero attached hydrogens (tertiary/aromatic N) is 2. The highest BCUT2D eigenvalue weighted by atomic mass is 35.5. The number of aryl methyl sites for hydroxylation is 1. The second kappa shape index (κ2) is 4.20. The fourth-order valence-corrected chi connectivity index (χ4v) is 2.44. The van der Waals surface area contributed by atoms with Crippen LogP contribution in [0.2, 0.25) is 5.15 Å². The fraction of sp³-hybridized carbons (Fsp3) is 0.417. The van der Waals surface area contributed by atoms with Gasteiger partial charge in [0.15, 0.2) is 0 Å². The van der Waals surface area contributed by atoms with Crippen LogP contribution in [-0.4, -0.2) is 36.3 Å². The summed E-state index contributed by atoms with van der Waals surface area (Å²) in [5.41, 5.74) is 4.21. The molecule has 3 rings (SSSR count). The standard InChI is InChI=1S/C12H14ClN3O/c1-8-6-9-12(14-8)10(7-11(13)15-9)16-2-4-17-5-3-16/h6-7,14H,2-5H2,1H3. The molecule has 4 nitrogen and oxygen atoms in total. The van der Waals surface area contributed by atoms with Crippen LogP contribution in [0, 0.1) is 6.92 Å². The quantitative estimate of drug-likeness (QED) is 0.791. The Bertz CT molecular complexity index is 546. The van der Waals surface area contributed by atoms with Crippen molar-refractivity contribution < 1.29 is 4.74 Å². The van der Waals surface area contributed by atoms with E-state index in [-0.39, 0.29) is 0 Å². The molecule has 1 saturated heterocycles. The van der Waals surface area contributed by atoms with Crippen molar-refractivity contribution in [2.24, 2.45) is 0 Å². The molecule has 1 aliphatic rings. The highest BCUT2D eigenvalue weighted by Gasteiger charge is 2.16. The number of halogens is 1. The number of aromatic nitrogens is 2. The van der Waals surface area contributed by atoms with E-state index < -0.39 is 0 Å². The minimum absolute atomic E-state index is 0.540. The Kier molecular flexibility index (Phi) is 2.68. The number of hydrogen-bond acceptors (Lipinski definition) is 3. The van der Waals surface area contributed by atoms with Crippen molar-refractivity contribution in [2.75, 3.05) is 31.2 Å². The van der Waals surface area contributed by atoms with Crippen molar-refractivity contribution in [3.8, 4) is 0 Å². The molecule has 1 N–H and O–H groups in total. The number of hydrogen-bond donors (Lipinski definition) is 1. The third kappa shape index (κ3) is 1.98. The maximum Gasteiger partial charge on any atom is 0.131 e. The van der Waals surface area contributed by atoms with Gasteiger partial charge in [0.2, 0.25) is 0 Å². The van der Waals surface area contributed by atoms with Gasteiger partial charge in [-0.3, -0.25) is 0 Å². The second-order valence-corrected chi connectivity index (χ2v) is 4.66. The Morgan fingerprint density at radius 1 is 1.35 bits per heavy atom. The Hall–Kier alpha value is -1.26. The first-order chi connectivity index (χ1) is 8.24. The number of anilines is 1. The van der Waals surface area contributed by atoms with Crippen molar-refractivity contribution in [1.82, 2.24) is 9.97 Å². The van der Waals surface area contributed by atoms with Crippen LogP contribution in [0.4, 0.5) is 5.69 Å². The monoisotopic (exact) mass is 251 g/mol. The zero-order valence-electron chi connectivity index (χ0n) is 9.66. The largest absolute Gasteiger partial charge is 0.378 e. The van der Waals surface area contributed by atoms with Gasteiger partial charge in [0.05, 0.1) is 29.9 Å². The molecule has 0 amide bonds. The molecule has 90 valence electrons. The normalized spacial score (nSPS) is 16.7. The lowest BCUT2D eigenvalue weighted by Gasteiger charge is -2.29. The topological polar surface area (TPSA) is 41.2 Å². The highest BCUT2D eigenvalue weighted by molar-refractivity contribution is 6.30. The average Bonchev–Trinajstić information content (AvgIpc) is 2.69. The Labute approximate surface area is 105 Å². The summed E-state index contributed by atoms with van der Waals surface area (Å²) < 4.78 is 5.37. The van der Waals surface area contributed by atoms with Gasteiger partial charge in [-0.05, 0) is 13.0 Å². The molecule has 1 fully saturated rings. The summed E-state index contributed by atoms with van der Waals surface area (Å²) in [5, 5.41) is 0.540. The van der Waals surface area contributed by atoms with Crippen LogP contribution in [0.1, 0.15) is 5.69 Å². The molecule has 0 saturated carbocycles. The Balaban J connectivity index is 2.12. The first kappa shape index (κ1) is 10.9. The van der Waals surface area contributed by atoms with Gasteiger partial charge in [-0.25, -0.2) is 4.98 Å². The molecule has 1 aliphatic heterocycles. The molecular formula is C12H14ClN3O. The second-order valence-electron chi connectivity index (χ2n) is 4.28. The minimum Gasteiger partial charge on any atom is -0.378 e. The van der Waals surface area contributed by atoms with Gasteiger partial charge < -0.3 is 14.6 Å². The molecule has 3 heterocycles. The Morgan fingerprint density at radius 3 is 2.88 bits per heavy atom. The molecule has 0 radical (unpaired) electrons. The molecule has 0 bridgehead atoms. The van der Waals surface area contributed by atoms with Crippen LogP contribution in [-0.2, 0) is 4.74 Å². The number of nitrogens with one attached hydrogen (secondary N) is 1. The predicted molar refractivity (Wildman–Crippen MR) is 68.9 cm³/mol. The molecular weight excluding hydrogens is 238 g/mol. The smallest absolute Gasteiger partial charge is 0.131 e. The van der Waals surface area contributed by atoms with E-state index in [2.05, 4.69) is 14.9 Å². The summed E-state index contributed by atoms with van der Waals surface area (Å²) in [5.74, 6) is 0. The van der Waals surface area contributed by atoms with Gasteiger partial charge in [0.25, 0.3) is 0 Å². The third-order valence-electron chi connectivity index (χ3n) is 3.02. The maximum absolute atomic E-state index is 6.07. The van der Waals surface area contributed by atoms with Crippen molar-refractivity contribution in [3.05, 3.63) is 23.0 Å². The van der Waals surface area contributed by atoms with E-state index >= 15 is 0 Å². The zero-order chi connectivity index (χ0) is 11.8.